The van der Waals surface area contributed by atoms with Crippen molar-refractivity contribution in [2.24, 2.45) is 0 Å². The molecule has 1 N–H and O–H groups in total. The molecule has 114 valence electrons. The van der Waals surface area contributed by atoms with Gasteiger partial charge in [0.2, 0.25) is 5.82 Å². The van der Waals surface area contributed by atoms with Crippen LogP contribution in [0.25, 0.3) is 0 Å². The molecule has 8 heteroatoms. The van der Waals surface area contributed by atoms with Crippen LogP contribution in [0.15, 0.2) is 12.1 Å². The summed E-state index contributed by atoms with van der Waals surface area (Å²) in [6.45, 7) is 5.90. The van der Waals surface area contributed by atoms with Gasteiger partial charge in [-0.05, 0) is 27.0 Å². The predicted molar refractivity (Wildman–Crippen MR) is 76.8 cm³/mol. The summed E-state index contributed by atoms with van der Waals surface area (Å²) in [6, 6.07) is 2.36. The van der Waals surface area contributed by atoms with Gasteiger partial charge in [-0.1, -0.05) is 0 Å². The summed E-state index contributed by atoms with van der Waals surface area (Å²) in [5.74, 6) is -1.07. The summed E-state index contributed by atoms with van der Waals surface area (Å²) in [7, 11) is 1.99. The zero-order valence-electron chi connectivity index (χ0n) is 12.2. The molecule has 1 aliphatic heterocycles. The average molecular weight is 294 g/mol. The molecule has 0 amide bonds. The number of aromatic carboxylic acids is 1. The molecule has 0 radical (unpaired) electrons. The number of pyridine rings is 1. The molecule has 0 spiro atoms. The van der Waals surface area contributed by atoms with E-state index in [-0.39, 0.29) is 22.7 Å². The van der Waals surface area contributed by atoms with Gasteiger partial charge in [-0.25, -0.2) is 9.78 Å². The summed E-state index contributed by atoms with van der Waals surface area (Å²) in [5, 5.41) is 20.2. The topological polar surface area (TPSA) is 99.8 Å². The van der Waals surface area contributed by atoms with Gasteiger partial charge in [0, 0.05) is 31.2 Å². The van der Waals surface area contributed by atoms with E-state index in [1.54, 1.807) is 4.90 Å². The molecule has 0 aromatic carbocycles. The third-order valence-electron chi connectivity index (χ3n) is 3.89. The Morgan fingerprint density at radius 3 is 2.62 bits per heavy atom. The fourth-order valence-electron chi connectivity index (χ4n) is 2.36. The monoisotopic (exact) mass is 294 g/mol. The number of anilines is 1. The Morgan fingerprint density at radius 2 is 2.10 bits per heavy atom. The van der Waals surface area contributed by atoms with Gasteiger partial charge in [-0.3, -0.25) is 15.0 Å². The van der Waals surface area contributed by atoms with Crippen LogP contribution in [0.2, 0.25) is 0 Å². The molecule has 1 fully saturated rings. The van der Waals surface area contributed by atoms with E-state index in [0.29, 0.717) is 13.1 Å². The van der Waals surface area contributed by atoms with E-state index in [4.69, 9.17) is 5.11 Å². The molecular weight excluding hydrogens is 276 g/mol. The predicted octanol–water partition coefficient (Wildman–Crippen LogP) is 1.22. The molecule has 0 saturated carbocycles. The van der Waals surface area contributed by atoms with Gasteiger partial charge in [0.05, 0.1) is 4.92 Å². The van der Waals surface area contributed by atoms with Crippen molar-refractivity contribution in [2.45, 2.75) is 19.4 Å². The lowest BCUT2D eigenvalue weighted by Crippen LogP contribution is -2.58. The molecule has 2 rings (SSSR count). The van der Waals surface area contributed by atoms with E-state index in [0.717, 1.165) is 12.6 Å². The summed E-state index contributed by atoms with van der Waals surface area (Å²) in [6.07, 6.45) is 0. The van der Waals surface area contributed by atoms with Crippen molar-refractivity contribution in [3.63, 3.8) is 0 Å². The maximum atomic E-state index is 11.2. The van der Waals surface area contributed by atoms with Crippen LogP contribution in [0, 0.1) is 10.1 Å². The van der Waals surface area contributed by atoms with E-state index < -0.39 is 10.9 Å². The highest BCUT2D eigenvalue weighted by Gasteiger charge is 2.34. The Bertz CT molecular complexity index is 588. The number of nitrogens with zero attached hydrogens (tertiary/aromatic N) is 4. The first kappa shape index (κ1) is 15.2. The molecule has 0 aliphatic carbocycles. The molecule has 21 heavy (non-hydrogen) atoms. The molecule has 0 unspecified atom stereocenters. The Morgan fingerprint density at radius 1 is 1.43 bits per heavy atom. The molecule has 0 bridgehead atoms. The minimum Gasteiger partial charge on any atom is -0.477 e. The second kappa shape index (κ2) is 5.28. The minimum atomic E-state index is -1.19. The highest BCUT2D eigenvalue weighted by Crippen LogP contribution is 2.30. The summed E-state index contributed by atoms with van der Waals surface area (Å²) in [4.78, 5) is 29.6. The number of hydrogen-bond acceptors (Lipinski definition) is 6. The van der Waals surface area contributed by atoms with E-state index in [2.05, 4.69) is 9.88 Å². The Labute approximate surface area is 122 Å². The van der Waals surface area contributed by atoms with Crippen molar-refractivity contribution < 1.29 is 14.8 Å². The van der Waals surface area contributed by atoms with Crippen LogP contribution < -0.4 is 4.90 Å². The van der Waals surface area contributed by atoms with Gasteiger partial charge in [-0.15, -0.1) is 0 Å². The number of carboxylic acid groups (broad SMARTS) is 1. The van der Waals surface area contributed by atoms with Gasteiger partial charge >= 0.3 is 11.7 Å². The number of piperazine rings is 1. The lowest BCUT2D eigenvalue weighted by Gasteiger charge is -2.45. The zero-order valence-corrected chi connectivity index (χ0v) is 12.2. The number of likely N-dealkylation sites (N-methyl/N-ethyl adjacent to an activating group) is 1. The number of carboxylic acids is 1. The third kappa shape index (κ3) is 2.94. The molecular formula is C13H18N4O4. The van der Waals surface area contributed by atoms with Crippen molar-refractivity contribution in [3.05, 3.63) is 27.9 Å². The highest BCUT2D eigenvalue weighted by molar-refractivity contribution is 5.86. The Balaban J connectivity index is 2.43. The third-order valence-corrected chi connectivity index (χ3v) is 3.89. The first-order valence-electron chi connectivity index (χ1n) is 6.57. The van der Waals surface area contributed by atoms with Crippen LogP contribution in [0.4, 0.5) is 11.5 Å². The van der Waals surface area contributed by atoms with Crippen molar-refractivity contribution in [2.75, 3.05) is 31.6 Å². The van der Waals surface area contributed by atoms with Crippen LogP contribution >= 0.6 is 0 Å². The lowest BCUT2D eigenvalue weighted by molar-refractivity contribution is -0.384. The van der Waals surface area contributed by atoms with Crippen molar-refractivity contribution in [3.8, 4) is 0 Å². The fourth-order valence-corrected chi connectivity index (χ4v) is 2.36. The SMILES string of the molecule is CN1CCN(c2nc(C(=O)O)ccc2[N+](=O)[O-])CC1(C)C. The Kier molecular flexibility index (Phi) is 3.82. The zero-order chi connectivity index (χ0) is 15.8. The number of nitro groups is 1. The summed E-state index contributed by atoms with van der Waals surface area (Å²) >= 11 is 0. The van der Waals surface area contributed by atoms with Crippen LogP contribution in [0.5, 0.6) is 0 Å². The first-order chi connectivity index (χ1) is 9.72. The van der Waals surface area contributed by atoms with Gasteiger partial charge < -0.3 is 10.0 Å². The molecule has 0 atom stereocenters. The standard InChI is InChI=1S/C13H18N4O4/c1-13(2)8-16(7-6-15(13)3)11-10(17(20)21)5-4-9(14-11)12(18)19/h4-5H,6-8H2,1-3H3,(H,18,19). The van der Waals surface area contributed by atoms with Gasteiger partial charge in [0.1, 0.15) is 0 Å². The first-order valence-corrected chi connectivity index (χ1v) is 6.57. The number of aromatic nitrogens is 1. The van der Waals surface area contributed by atoms with Gasteiger partial charge in [0.25, 0.3) is 0 Å². The maximum Gasteiger partial charge on any atom is 0.354 e. The van der Waals surface area contributed by atoms with Crippen molar-refractivity contribution in [1.29, 1.82) is 0 Å². The average Bonchev–Trinajstić information content (AvgIpc) is 2.41. The van der Waals surface area contributed by atoms with E-state index >= 15 is 0 Å². The lowest BCUT2D eigenvalue weighted by atomic mass is 9.99. The van der Waals surface area contributed by atoms with Crippen molar-refractivity contribution >= 4 is 17.5 Å². The van der Waals surface area contributed by atoms with E-state index in [1.165, 1.54) is 6.07 Å². The molecule has 1 aromatic rings. The van der Waals surface area contributed by atoms with E-state index in [1.807, 2.05) is 20.9 Å². The second-order valence-electron chi connectivity index (χ2n) is 5.76. The summed E-state index contributed by atoms with van der Waals surface area (Å²) < 4.78 is 0. The van der Waals surface area contributed by atoms with E-state index in [9.17, 15) is 14.9 Å². The maximum absolute atomic E-state index is 11.2. The van der Waals surface area contributed by atoms with Crippen LogP contribution in [0.3, 0.4) is 0 Å². The number of rotatable bonds is 3. The second-order valence-corrected chi connectivity index (χ2v) is 5.76. The summed E-state index contributed by atoms with van der Waals surface area (Å²) in [5.41, 5.74) is -0.528. The number of carbonyl (C=O) groups is 1. The van der Waals surface area contributed by atoms with Crippen LogP contribution in [-0.2, 0) is 0 Å². The molecule has 2 heterocycles. The molecule has 1 aliphatic rings. The van der Waals surface area contributed by atoms with Crippen molar-refractivity contribution in [1.82, 2.24) is 9.88 Å². The van der Waals surface area contributed by atoms with Crippen LogP contribution in [-0.4, -0.2) is 58.1 Å². The fraction of sp³-hybridized carbons (Fsp3) is 0.538. The Hall–Kier alpha value is -2.22. The largest absolute Gasteiger partial charge is 0.477 e. The normalized spacial score (nSPS) is 18.5. The molecule has 1 aromatic heterocycles. The highest BCUT2D eigenvalue weighted by atomic mass is 16.6. The quantitative estimate of drug-likeness (QED) is 0.660. The number of hydrogen-bond donors (Lipinski definition) is 1. The van der Waals surface area contributed by atoms with Gasteiger partial charge in [0.15, 0.2) is 5.69 Å². The van der Waals surface area contributed by atoms with Gasteiger partial charge in [-0.2, -0.15) is 0 Å². The van der Waals surface area contributed by atoms with Crippen LogP contribution in [0.1, 0.15) is 24.3 Å². The smallest absolute Gasteiger partial charge is 0.354 e. The molecule has 1 saturated heterocycles. The minimum absolute atomic E-state index is 0.126. The molecule has 8 nitrogen and oxygen atoms in total.